The molecule has 0 saturated heterocycles. The van der Waals surface area contributed by atoms with Gasteiger partial charge < -0.3 is 9.84 Å². The second-order valence-corrected chi connectivity index (χ2v) is 7.71. The molecule has 0 aliphatic carbocycles. The summed E-state index contributed by atoms with van der Waals surface area (Å²) < 4.78 is 5.58. The Labute approximate surface area is 162 Å². The van der Waals surface area contributed by atoms with Gasteiger partial charge in [0.1, 0.15) is 16.7 Å². The van der Waals surface area contributed by atoms with Crippen LogP contribution in [0.1, 0.15) is 45.2 Å². The van der Waals surface area contributed by atoms with E-state index in [0.717, 1.165) is 11.1 Å². The highest BCUT2D eigenvalue weighted by Crippen LogP contribution is 2.37. The molecule has 1 heterocycles. The van der Waals surface area contributed by atoms with Gasteiger partial charge in [-0.15, -0.1) is 15.0 Å². The van der Waals surface area contributed by atoms with Gasteiger partial charge in [-0.25, -0.2) is 0 Å². The fourth-order valence-electron chi connectivity index (χ4n) is 2.99. The summed E-state index contributed by atoms with van der Waals surface area (Å²) in [4.78, 5) is 24.3. The Morgan fingerprint density at radius 2 is 1.71 bits per heavy atom. The molecule has 0 amide bonds. The number of nitrogens with zero attached hydrogens (tertiary/aromatic N) is 3. The normalized spacial score (nSPS) is 11.6. The van der Waals surface area contributed by atoms with Gasteiger partial charge in [0.15, 0.2) is 5.75 Å². The van der Waals surface area contributed by atoms with Crippen LogP contribution in [0.25, 0.3) is 16.7 Å². The minimum absolute atomic E-state index is 0.00441. The first kappa shape index (κ1) is 19.5. The maximum Gasteiger partial charge on any atom is 0.308 e. The van der Waals surface area contributed by atoms with Gasteiger partial charge in [-0.1, -0.05) is 39.0 Å². The number of carboxylic acid groups (broad SMARTS) is 1. The van der Waals surface area contributed by atoms with Gasteiger partial charge in [0, 0.05) is 18.9 Å². The van der Waals surface area contributed by atoms with E-state index >= 15 is 0 Å². The van der Waals surface area contributed by atoms with Crippen molar-refractivity contribution in [2.75, 3.05) is 0 Å². The van der Waals surface area contributed by atoms with Crippen LogP contribution >= 0.6 is 0 Å². The van der Waals surface area contributed by atoms with E-state index < -0.39 is 11.9 Å². The Bertz CT molecular complexity index is 1010. The number of carbonyl (C=O) groups is 2. The number of hydrogen-bond acceptors (Lipinski definition) is 5. The van der Waals surface area contributed by atoms with Crippen LogP contribution in [0.3, 0.4) is 0 Å². The van der Waals surface area contributed by atoms with E-state index in [2.05, 4.69) is 10.2 Å². The molecular formula is C21H23N3O4. The summed E-state index contributed by atoms with van der Waals surface area (Å²) >= 11 is 0. The number of hydrogen-bond donors (Lipinski definition) is 1. The van der Waals surface area contributed by atoms with Crippen LogP contribution in [0.15, 0.2) is 36.4 Å². The summed E-state index contributed by atoms with van der Waals surface area (Å²) in [5.41, 5.74) is 3.21. The molecule has 0 fully saturated rings. The molecule has 146 valence electrons. The summed E-state index contributed by atoms with van der Waals surface area (Å²) in [7, 11) is 0. The third-order valence-electron chi connectivity index (χ3n) is 4.31. The van der Waals surface area contributed by atoms with Crippen molar-refractivity contribution >= 4 is 23.0 Å². The molecule has 1 N–H and O–H groups in total. The Hall–Kier alpha value is -3.22. The molecule has 0 aliphatic heterocycles. The van der Waals surface area contributed by atoms with Gasteiger partial charge in [0.25, 0.3) is 0 Å². The summed E-state index contributed by atoms with van der Waals surface area (Å²) in [5, 5.41) is 18.1. The highest BCUT2D eigenvalue weighted by molar-refractivity contribution is 5.75. The first-order valence-electron chi connectivity index (χ1n) is 9.05. The van der Waals surface area contributed by atoms with Crippen molar-refractivity contribution < 1.29 is 19.4 Å². The predicted molar refractivity (Wildman–Crippen MR) is 105 cm³/mol. The first-order valence-corrected chi connectivity index (χ1v) is 9.05. The monoisotopic (exact) mass is 381 g/mol. The number of aromatic nitrogens is 3. The lowest BCUT2D eigenvalue weighted by atomic mass is 9.84. The number of aryl methyl sites for hydroxylation is 1. The van der Waals surface area contributed by atoms with E-state index in [9.17, 15) is 9.59 Å². The number of carboxylic acids is 1. The van der Waals surface area contributed by atoms with E-state index in [1.54, 1.807) is 6.07 Å². The average molecular weight is 381 g/mol. The average Bonchev–Trinajstić information content (AvgIpc) is 3.03. The van der Waals surface area contributed by atoms with Crippen molar-refractivity contribution in [1.29, 1.82) is 0 Å². The zero-order chi connectivity index (χ0) is 20.5. The second kappa shape index (κ2) is 7.42. The zero-order valence-corrected chi connectivity index (χ0v) is 16.4. The fraction of sp³-hybridized carbons (Fsp3) is 0.333. The van der Waals surface area contributed by atoms with Crippen LogP contribution in [-0.4, -0.2) is 32.0 Å². The van der Waals surface area contributed by atoms with Crippen LogP contribution in [0, 0.1) is 0 Å². The molecule has 0 spiro atoms. The highest BCUT2D eigenvalue weighted by atomic mass is 16.5. The lowest BCUT2D eigenvalue weighted by Crippen LogP contribution is -2.18. The summed E-state index contributed by atoms with van der Waals surface area (Å²) in [6, 6.07) is 11.1. The molecule has 0 unspecified atom stereocenters. The Balaban J connectivity index is 2.25. The Morgan fingerprint density at radius 3 is 2.21 bits per heavy atom. The number of esters is 1. The van der Waals surface area contributed by atoms with Crippen molar-refractivity contribution in [2.24, 2.45) is 0 Å². The molecule has 3 rings (SSSR count). The number of ether oxygens (including phenoxy) is 1. The van der Waals surface area contributed by atoms with Gasteiger partial charge in [-0.2, -0.15) is 0 Å². The number of carbonyl (C=O) groups excluding carboxylic acids is 1. The first-order chi connectivity index (χ1) is 13.1. The minimum atomic E-state index is -0.870. The molecule has 0 bridgehead atoms. The summed E-state index contributed by atoms with van der Waals surface area (Å²) in [6.45, 7) is 7.37. The molecule has 0 atom stereocenters. The molecule has 28 heavy (non-hydrogen) atoms. The molecule has 7 nitrogen and oxygen atoms in total. The summed E-state index contributed by atoms with van der Waals surface area (Å²) in [5.74, 6) is -0.924. The molecule has 3 aromatic rings. The van der Waals surface area contributed by atoms with Gasteiger partial charge in [-0.05, 0) is 35.6 Å². The van der Waals surface area contributed by atoms with E-state index in [-0.39, 0.29) is 11.8 Å². The van der Waals surface area contributed by atoms with Crippen LogP contribution in [0.5, 0.6) is 5.75 Å². The van der Waals surface area contributed by atoms with Crippen molar-refractivity contribution in [3.63, 3.8) is 0 Å². The van der Waals surface area contributed by atoms with E-state index in [4.69, 9.17) is 9.84 Å². The standard InChI is InChI=1S/C21H23N3O4/c1-13(25)28-20-15(21(2,3)4)11-14(9-10-19(26)27)12-18(20)24-22-16-7-5-6-8-17(16)23-24/h5-8,11-12H,9-10H2,1-4H3,(H,26,27). The molecule has 1 aromatic heterocycles. The zero-order valence-electron chi connectivity index (χ0n) is 16.4. The van der Waals surface area contributed by atoms with E-state index in [1.165, 1.54) is 11.7 Å². The van der Waals surface area contributed by atoms with Gasteiger partial charge >= 0.3 is 11.9 Å². The van der Waals surface area contributed by atoms with Gasteiger partial charge in [-0.3, -0.25) is 9.59 Å². The van der Waals surface area contributed by atoms with Crippen molar-refractivity contribution in [3.05, 3.63) is 47.5 Å². The molecule has 2 aromatic carbocycles. The number of benzene rings is 2. The molecule has 0 radical (unpaired) electrons. The minimum Gasteiger partial charge on any atom is -0.481 e. The van der Waals surface area contributed by atoms with Crippen molar-refractivity contribution in [3.8, 4) is 11.4 Å². The fourth-order valence-corrected chi connectivity index (χ4v) is 2.99. The van der Waals surface area contributed by atoms with Crippen LogP contribution in [0.4, 0.5) is 0 Å². The van der Waals surface area contributed by atoms with Gasteiger partial charge in [0.2, 0.25) is 0 Å². The quantitative estimate of drug-likeness (QED) is 0.535. The molecule has 0 aliphatic rings. The van der Waals surface area contributed by atoms with Crippen LogP contribution in [0.2, 0.25) is 0 Å². The largest absolute Gasteiger partial charge is 0.481 e. The van der Waals surface area contributed by atoms with E-state index in [1.807, 2.05) is 51.1 Å². The Morgan fingerprint density at radius 1 is 1.11 bits per heavy atom. The lowest BCUT2D eigenvalue weighted by Gasteiger charge is -2.25. The third-order valence-corrected chi connectivity index (χ3v) is 4.31. The van der Waals surface area contributed by atoms with Crippen LogP contribution < -0.4 is 4.74 Å². The number of aliphatic carboxylic acids is 1. The molecule has 0 saturated carbocycles. The SMILES string of the molecule is CC(=O)Oc1c(-n2nc3ccccc3n2)cc(CCC(=O)O)cc1C(C)(C)C. The maximum atomic E-state index is 11.8. The highest BCUT2D eigenvalue weighted by Gasteiger charge is 2.26. The smallest absolute Gasteiger partial charge is 0.308 e. The Kier molecular flexibility index (Phi) is 5.18. The lowest BCUT2D eigenvalue weighted by molar-refractivity contribution is -0.137. The maximum absolute atomic E-state index is 11.8. The number of rotatable bonds is 5. The topological polar surface area (TPSA) is 94.3 Å². The third kappa shape index (κ3) is 4.19. The van der Waals surface area contributed by atoms with Crippen molar-refractivity contribution in [2.45, 2.75) is 46.0 Å². The number of fused-ring (bicyclic) bond motifs is 1. The van der Waals surface area contributed by atoms with Crippen LogP contribution in [-0.2, 0) is 21.4 Å². The molecule has 7 heteroatoms. The summed E-state index contributed by atoms with van der Waals surface area (Å²) in [6.07, 6.45) is 0.358. The predicted octanol–water partition coefficient (Wildman–Crippen LogP) is 3.66. The molecular weight excluding hydrogens is 358 g/mol. The second-order valence-electron chi connectivity index (χ2n) is 7.71. The van der Waals surface area contributed by atoms with Gasteiger partial charge in [0.05, 0.1) is 0 Å². The van der Waals surface area contributed by atoms with E-state index in [0.29, 0.717) is 28.9 Å². The van der Waals surface area contributed by atoms with Crippen molar-refractivity contribution in [1.82, 2.24) is 15.0 Å².